The lowest BCUT2D eigenvalue weighted by Gasteiger charge is -2.17. The molecular weight excluding hydrogens is 266 g/mol. The minimum Gasteiger partial charge on any atom is -0.481 e. The molecule has 1 saturated carbocycles. The van der Waals surface area contributed by atoms with Crippen LogP contribution in [0.25, 0.3) is 0 Å². The zero-order valence-electron chi connectivity index (χ0n) is 12.1. The zero-order valence-corrected chi connectivity index (χ0v) is 13.0. The molecule has 110 valence electrons. The van der Waals surface area contributed by atoms with Crippen LogP contribution in [-0.4, -0.2) is 38.2 Å². The van der Waals surface area contributed by atoms with Crippen molar-refractivity contribution in [3.05, 3.63) is 0 Å². The number of carboxylic acid groups (broad SMARTS) is 1. The summed E-state index contributed by atoms with van der Waals surface area (Å²) in [5.41, 5.74) is -0.487. The van der Waals surface area contributed by atoms with Crippen LogP contribution in [0.15, 0.2) is 0 Å². The van der Waals surface area contributed by atoms with E-state index in [2.05, 4.69) is 5.32 Å². The van der Waals surface area contributed by atoms with Crippen molar-refractivity contribution < 1.29 is 18.9 Å². The molecule has 1 unspecified atom stereocenters. The van der Waals surface area contributed by atoms with Gasteiger partial charge in [-0.05, 0) is 26.2 Å². The average molecular weight is 289 g/mol. The van der Waals surface area contributed by atoms with Crippen LogP contribution < -0.4 is 5.32 Å². The van der Waals surface area contributed by atoms with E-state index < -0.39 is 34.0 Å². The lowest BCUT2D eigenvalue weighted by molar-refractivity contribution is -0.140. The van der Waals surface area contributed by atoms with Crippen molar-refractivity contribution in [2.45, 2.75) is 39.4 Å². The average Bonchev–Trinajstić information content (AvgIpc) is 2.80. The highest BCUT2D eigenvalue weighted by Crippen LogP contribution is 2.58. The van der Waals surface area contributed by atoms with Gasteiger partial charge in [-0.15, -0.1) is 0 Å². The van der Waals surface area contributed by atoms with E-state index in [0.717, 1.165) is 0 Å². The molecule has 2 N–H and O–H groups in total. The minimum absolute atomic E-state index is 0.247. The van der Waals surface area contributed by atoms with Gasteiger partial charge >= 0.3 is 5.97 Å². The van der Waals surface area contributed by atoms with Crippen molar-refractivity contribution in [3.63, 3.8) is 0 Å². The van der Waals surface area contributed by atoms with Gasteiger partial charge in [0.15, 0.2) is 0 Å². The van der Waals surface area contributed by atoms with Crippen molar-refractivity contribution in [3.8, 4) is 0 Å². The van der Waals surface area contributed by atoms with Crippen LogP contribution in [0.1, 0.15) is 34.6 Å². The molecule has 0 saturated heterocycles. The SMILES string of the molecule is CC1(C)[C@H](C(=O)NCCS(=O)C(C)(C)C)[C@@H]1C(=O)O. The Labute approximate surface area is 116 Å². The van der Waals surface area contributed by atoms with Gasteiger partial charge in [0.1, 0.15) is 0 Å². The summed E-state index contributed by atoms with van der Waals surface area (Å²) in [6.07, 6.45) is 0. The predicted molar refractivity (Wildman–Crippen MR) is 74.2 cm³/mol. The van der Waals surface area contributed by atoms with Crippen LogP contribution in [0.4, 0.5) is 0 Å². The summed E-state index contributed by atoms with van der Waals surface area (Å²) in [7, 11) is -1.01. The van der Waals surface area contributed by atoms with Crippen molar-refractivity contribution in [2.24, 2.45) is 17.3 Å². The lowest BCUT2D eigenvalue weighted by atomic mass is 10.1. The van der Waals surface area contributed by atoms with Crippen LogP contribution in [-0.2, 0) is 20.4 Å². The molecule has 5 nitrogen and oxygen atoms in total. The summed E-state index contributed by atoms with van der Waals surface area (Å²) < 4.78 is 11.5. The Balaban J connectivity index is 2.42. The first kappa shape index (κ1) is 16.1. The standard InChI is InChI=1S/C13H23NO4S/c1-12(2,3)19(18)7-6-14-10(15)8-9(11(16)17)13(8,4)5/h8-9H,6-7H2,1-5H3,(H,14,15)(H,16,17)/t8-,9+,19?/m0/s1. The number of rotatable bonds is 5. The van der Waals surface area contributed by atoms with Gasteiger partial charge in [0.25, 0.3) is 0 Å². The van der Waals surface area contributed by atoms with Crippen molar-refractivity contribution in [1.29, 1.82) is 0 Å². The molecule has 0 heterocycles. The molecule has 0 spiro atoms. The van der Waals surface area contributed by atoms with Gasteiger partial charge in [-0.1, -0.05) is 13.8 Å². The van der Waals surface area contributed by atoms with Gasteiger partial charge in [-0.25, -0.2) is 0 Å². The van der Waals surface area contributed by atoms with Crippen molar-refractivity contribution >= 4 is 22.7 Å². The van der Waals surface area contributed by atoms with E-state index in [0.29, 0.717) is 12.3 Å². The van der Waals surface area contributed by atoms with E-state index in [1.54, 1.807) is 13.8 Å². The molecule has 6 heteroatoms. The second-order valence-corrected chi connectivity index (χ2v) is 8.89. The Kier molecular flexibility index (Phi) is 4.44. The number of carbonyl (C=O) groups excluding carboxylic acids is 1. The van der Waals surface area contributed by atoms with Crippen LogP contribution >= 0.6 is 0 Å². The van der Waals surface area contributed by atoms with Gasteiger partial charge < -0.3 is 10.4 Å². The molecule has 1 amide bonds. The Morgan fingerprint density at radius 2 is 1.79 bits per heavy atom. The fourth-order valence-electron chi connectivity index (χ4n) is 2.27. The second kappa shape index (κ2) is 5.23. The Bertz CT molecular complexity index is 411. The largest absolute Gasteiger partial charge is 0.481 e. The van der Waals surface area contributed by atoms with Gasteiger partial charge in [0, 0.05) is 27.8 Å². The Morgan fingerprint density at radius 3 is 2.16 bits per heavy atom. The molecule has 19 heavy (non-hydrogen) atoms. The number of carbonyl (C=O) groups is 2. The Hall–Kier alpha value is -0.910. The summed E-state index contributed by atoms with van der Waals surface area (Å²) >= 11 is 0. The molecule has 0 aromatic rings. The summed E-state index contributed by atoms with van der Waals surface area (Å²) in [6.45, 7) is 9.54. The van der Waals surface area contributed by atoms with E-state index in [9.17, 15) is 13.8 Å². The third kappa shape index (κ3) is 3.55. The highest BCUT2D eigenvalue weighted by Gasteiger charge is 2.65. The van der Waals surface area contributed by atoms with E-state index in [1.807, 2.05) is 20.8 Å². The minimum atomic E-state index is -1.01. The number of aliphatic carboxylic acids is 1. The van der Waals surface area contributed by atoms with Crippen molar-refractivity contribution in [1.82, 2.24) is 5.32 Å². The number of hydrogen-bond donors (Lipinski definition) is 2. The summed E-state index contributed by atoms with van der Waals surface area (Å²) in [4.78, 5) is 22.9. The smallest absolute Gasteiger partial charge is 0.307 e. The van der Waals surface area contributed by atoms with E-state index >= 15 is 0 Å². The first-order chi connectivity index (χ1) is 8.49. The fourth-order valence-corrected chi connectivity index (χ4v) is 3.17. The molecule has 1 aliphatic rings. The summed E-state index contributed by atoms with van der Waals surface area (Å²) in [5.74, 6) is -1.87. The third-order valence-corrected chi connectivity index (χ3v) is 5.59. The lowest BCUT2D eigenvalue weighted by Crippen LogP contribution is -2.34. The van der Waals surface area contributed by atoms with E-state index in [-0.39, 0.29) is 10.7 Å². The molecule has 1 fully saturated rings. The summed E-state index contributed by atoms with van der Waals surface area (Å²) in [5, 5.41) is 11.7. The topological polar surface area (TPSA) is 83.5 Å². The Morgan fingerprint density at radius 1 is 1.26 bits per heavy atom. The number of carboxylic acids is 1. The predicted octanol–water partition coefficient (Wildman–Crippen LogP) is 1.01. The molecule has 0 aromatic carbocycles. The molecule has 1 rings (SSSR count). The van der Waals surface area contributed by atoms with Crippen LogP contribution in [0.3, 0.4) is 0 Å². The monoisotopic (exact) mass is 289 g/mol. The maximum atomic E-state index is 11.9. The highest BCUT2D eigenvalue weighted by atomic mass is 32.2. The van der Waals surface area contributed by atoms with Crippen LogP contribution in [0, 0.1) is 17.3 Å². The highest BCUT2D eigenvalue weighted by molar-refractivity contribution is 7.86. The first-order valence-corrected chi connectivity index (χ1v) is 7.70. The maximum Gasteiger partial charge on any atom is 0.307 e. The number of nitrogens with one attached hydrogen (secondary N) is 1. The van der Waals surface area contributed by atoms with Gasteiger partial charge in [0.05, 0.1) is 11.8 Å². The molecule has 3 atom stereocenters. The molecule has 0 aromatic heterocycles. The maximum absolute atomic E-state index is 11.9. The van der Waals surface area contributed by atoms with Gasteiger partial charge in [0.2, 0.25) is 5.91 Å². The first-order valence-electron chi connectivity index (χ1n) is 6.38. The molecule has 0 aliphatic heterocycles. The normalized spacial score (nSPS) is 26.6. The molecule has 1 aliphatic carbocycles. The third-order valence-electron chi connectivity index (χ3n) is 3.65. The number of amides is 1. The second-order valence-electron chi connectivity index (χ2n) is 6.57. The fraction of sp³-hybridized carbons (Fsp3) is 0.846. The molecular formula is C13H23NO4S. The van der Waals surface area contributed by atoms with Gasteiger partial charge in [-0.2, -0.15) is 0 Å². The van der Waals surface area contributed by atoms with E-state index in [1.165, 1.54) is 0 Å². The molecule has 0 bridgehead atoms. The van der Waals surface area contributed by atoms with Crippen LogP contribution in [0.5, 0.6) is 0 Å². The zero-order chi connectivity index (χ0) is 15.0. The quantitative estimate of drug-likeness (QED) is 0.791. The number of hydrogen-bond acceptors (Lipinski definition) is 3. The van der Waals surface area contributed by atoms with Crippen molar-refractivity contribution in [2.75, 3.05) is 12.3 Å². The van der Waals surface area contributed by atoms with Gasteiger partial charge in [-0.3, -0.25) is 13.8 Å². The molecule has 0 radical (unpaired) electrons. The van der Waals surface area contributed by atoms with Crippen LogP contribution in [0.2, 0.25) is 0 Å². The summed E-state index contributed by atoms with van der Waals surface area (Å²) in [6, 6.07) is 0. The van der Waals surface area contributed by atoms with E-state index in [4.69, 9.17) is 5.11 Å².